The van der Waals surface area contributed by atoms with Crippen molar-refractivity contribution in [3.63, 3.8) is 0 Å². The summed E-state index contributed by atoms with van der Waals surface area (Å²) >= 11 is 0. The summed E-state index contributed by atoms with van der Waals surface area (Å²) in [6.45, 7) is 6.93. The maximum atomic E-state index is 12.9. The van der Waals surface area contributed by atoms with E-state index in [0.717, 1.165) is 39.8 Å². The predicted octanol–water partition coefficient (Wildman–Crippen LogP) is 12.9. The van der Waals surface area contributed by atoms with Gasteiger partial charge in [0, 0.05) is 38.6 Å². The number of allylic oxidation sites excluding steroid dienone is 1. The van der Waals surface area contributed by atoms with Crippen molar-refractivity contribution in [2.24, 2.45) is 0 Å². The molecule has 0 N–H and O–H groups in total. The normalized spacial score (nSPS) is 13.7. The van der Waals surface area contributed by atoms with E-state index in [2.05, 4.69) is 141 Å². The molecule has 0 bridgehead atoms. The summed E-state index contributed by atoms with van der Waals surface area (Å²) in [6, 6.07) is 58.6. The van der Waals surface area contributed by atoms with Gasteiger partial charge in [0.1, 0.15) is 0 Å². The van der Waals surface area contributed by atoms with E-state index in [1.807, 2.05) is 48.5 Å². The predicted molar refractivity (Wildman–Crippen MR) is 223 cm³/mol. The van der Waals surface area contributed by atoms with Crippen LogP contribution in [0.1, 0.15) is 47.2 Å². The molecule has 0 saturated heterocycles. The third-order valence-corrected chi connectivity index (χ3v) is 11.6. The van der Waals surface area contributed by atoms with E-state index in [1.54, 1.807) is 0 Å². The highest BCUT2D eigenvalue weighted by molar-refractivity contribution is 6.28. The molecule has 0 radical (unpaired) electrons. The largest absolute Gasteiger partial charge is 0.308 e. The number of fused-ring (bicyclic) bond motifs is 8. The molecule has 8 aromatic carbocycles. The molecule has 1 aliphatic rings. The summed E-state index contributed by atoms with van der Waals surface area (Å²) in [7, 11) is 0. The lowest BCUT2D eigenvalue weighted by atomic mass is 9.68. The first kappa shape index (κ1) is 31.2. The van der Waals surface area contributed by atoms with Crippen molar-refractivity contribution in [1.29, 1.82) is 0 Å². The molecule has 1 heterocycles. The molecular weight excluding hydrogens is 643 g/mol. The van der Waals surface area contributed by atoms with Gasteiger partial charge in [0.15, 0.2) is 6.29 Å². The minimum absolute atomic E-state index is 0.146. The van der Waals surface area contributed by atoms with Gasteiger partial charge in [-0.15, -0.1) is 0 Å². The molecule has 9 aromatic rings. The van der Waals surface area contributed by atoms with Crippen LogP contribution in [0, 0.1) is 6.92 Å². The number of hydrogen-bond donors (Lipinski definition) is 0. The number of nitrogens with zero attached hydrogens (tertiary/aromatic N) is 1. The number of carbonyl (C=O) groups excluding carboxylic acids is 1. The number of benzene rings is 8. The van der Waals surface area contributed by atoms with Crippen molar-refractivity contribution in [3.05, 3.63) is 197 Å². The number of carbonyl (C=O) groups is 1. The molecule has 0 atom stereocenters. The Hall–Kier alpha value is -6.51. The Bertz CT molecular complexity index is 2980. The third kappa shape index (κ3) is 4.55. The molecule has 252 valence electrons. The highest BCUT2D eigenvalue weighted by Gasteiger charge is 2.35. The Morgan fingerprint density at radius 1 is 0.566 bits per heavy atom. The van der Waals surface area contributed by atoms with Crippen LogP contribution in [-0.4, -0.2) is 10.9 Å². The Morgan fingerprint density at radius 3 is 2.02 bits per heavy atom. The second kappa shape index (κ2) is 11.8. The van der Waals surface area contributed by atoms with Crippen LogP contribution in [-0.2, 0) is 10.2 Å². The third-order valence-electron chi connectivity index (χ3n) is 11.6. The van der Waals surface area contributed by atoms with Gasteiger partial charge in [-0.25, -0.2) is 0 Å². The fraction of sp³-hybridized carbons (Fsp3) is 0.0784. The first-order valence-electron chi connectivity index (χ1n) is 18.4. The monoisotopic (exact) mass is 679 g/mol. The number of aldehydes is 1. The maximum Gasteiger partial charge on any atom is 0.151 e. The van der Waals surface area contributed by atoms with Gasteiger partial charge >= 0.3 is 0 Å². The van der Waals surface area contributed by atoms with Crippen LogP contribution in [0.2, 0.25) is 0 Å². The molecule has 1 aliphatic carbocycles. The van der Waals surface area contributed by atoms with Crippen LogP contribution in [0.15, 0.2) is 164 Å². The van der Waals surface area contributed by atoms with Crippen LogP contribution >= 0.6 is 0 Å². The Morgan fingerprint density at radius 2 is 1.25 bits per heavy atom. The van der Waals surface area contributed by atoms with Gasteiger partial charge < -0.3 is 4.57 Å². The zero-order valence-corrected chi connectivity index (χ0v) is 30.0. The van der Waals surface area contributed by atoms with E-state index >= 15 is 0 Å². The van der Waals surface area contributed by atoms with Crippen molar-refractivity contribution >= 4 is 60.8 Å². The van der Waals surface area contributed by atoms with Gasteiger partial charge in [0.2, 0.25) is 0 Å². The summed E-state index contributed by atoms with van der Waals surface area (Å²) in [5, 5.41) is 7.61. The molecule has 0 fully saturated rings. The molecule has 1 aromatic heterocycles. The number of aromatic nitrogens is 1. The average molecular weight is 680 g/mol. The average Bonchev–Trinajstić information content (AvgIpc) is 3.53. The van der Waals surface area contributed by atoms with Crippen LogP contribution in [0.25, 0.3) is 71.3 Å². The van der Waals surface area contributed by atoms with E-state index < -0.39 is 0 Å². The first-order chi connectivity index (χ1) is 26.0. The molecule has 0 unspecified atom stereocenters. The maximum absolute atomic E-state index is 12.9. The molecule has 53 heavy (non-hydrogen) atoms. The van der Waals surface area contributed by atoms with E-state index in [1.165, 1.54) is 65.6 Å². The zero-order valence-electron chi connectivity index (χ0n) is 30.0. The fourth-order valence-electron chi connectivity index (χ4n) is 9.18. The molecule has 10 rings (SSSR count). The highest BCUT2D eigenvalue weighted by atomic mass is 16.1. The second-order valence-corrected chi connectivity index (χ2v) is 14.9. The summed E-state index contributed by atoms with van der Waals surface area (Å²) in [6.07, 6.45) is 1.01. The summed E-state index contributed by atoms with van der Waals surface area (Å²) < 4.78 is 2.51. The van der Waals surface area contributed by atoms with E-state index in [9.17, 15) is 4.79 Å². The second-order valence-electron chi connectivity index (χ2n) is 14.9. The van der Waals surface area contributed by atoms with Crippen molar-refractivity contribution < 1.29 is 4.79 Å². The molecule has 0 amide bonds. The molecule has 2 heteroatoms. The lowest BCUT2D eigenvalue weighted by molar-refractivity contribution is -0.103. The van der Waals surface area contributed by atoms with Crippen LogP contribution in [0.5, 0.6) is 0 Å². The van der Waals surface area contributed by atoms with E-state index in [-0.39, 0.29) is 5.41 Å². The van der Waals surface area contributed by atoms with Crippen molar-refractivity contribution in [2.75, 3.05) is 0 Å². The van der Waals surface area contributed by atoms with E-state index in [4.69, 9.17) is 0 Å². The Balaban J connectivity index is 1.34. The van der Waals surface area contributed by atoms with Gasteiger partial charge in [-0.05, 0) is 91.7 Å². The molecular formula is C51H37NO. The SMILES string of the molecule is Cc1cc(/C(=C(/C=O)c2ccccc2)c2ccccc2)ccc1-n1c2ccc3ccccc3c2c2cc3cccc4c3c(c21)-c1ccccc1C4(C)C. The van der Waals surface area contributed by atoms with Crippen molar-refractivity contribution in [3.8, 4) is 16.8 Å². The molecule has 0 saturated carbocycles. The lowest BCUT2D eigenvalue weighted by Gasteiger charge is -2.35. The van der Waals surface area contributed by atoms with Crippen LogP contribution in [0.3, 0.4) is 0 Å². The minimum atomic E-state index is -0.146. The summed E-state index contributed by atoms with van der Waals surface area (Å²) in [5.41, 5.74) is 14.3. The van der Waals surface area contributed by atoms with Gasteiger partial charge in [-0.2, -0.15) is 0 Å². The first-order valence-corrected chi connectivity index (χ1v) is 18.4. The van der Waals surface area contributed by atoms with Gasteiger partial charge in [0.05, 0.1) is 11.0 Å². The van der Waals surface area contributed by atoms with Gasteiger partial charge in [-0.1, -0.05) is 153 Å². The summed E-state index contributed by atoms with van der Waals surface area (Å²) in [4.78, 5) is 12.9. The van der Waals surface area contributed by atoms with Gasteiger partial charge in [-0.3, -0.25) is 4.79 Å². The highest BCUT2D eigenvalue weighted by Crippen LogP contribution is 2.53. The fourth-order valence-corrected chi connectivity index (χ4v) is 9.18. The molecule has 0 spiro atoms. The van der Waals surface area contributed by atoms with Crippen molar-refractivity contribution in [1.82, 2.24) is 4.57 Å². The lowest BCUT2D eigenvalue weighted by Crippen LogP contribution is -2.23. The Labute approximate surface area is 309 Å². The Kier molecular flexibility index (Phi) is 6.93. The van der Waals surface area contributed by atoms with Crippen molar-refractivity contribution in [2.45, 2.75) is 26.2 Å². The standard InChI is InChI=1S/C51H37NO/c1-32-29-37(46(35-18-8-5-9-19-35)41(31-53)33-15-6-4-7-16-33)26-27-44(32)52-45-28-25-34-17-10-11-21-38(34)48(45)40-30-36-20-14-24-43-47(36)49(50(40)52)39-22-12-13-23-42(39)51(43,2)3/h4-31H,1-3H3/b46-41-. The number of rotatable bonds is 5. The quantitative estimate of drug-likeness (QED) is 0.101. The smallest absolute Gasteiger partial charge is 0.151 e. The van der Waals surface area contributed by atoms with Gasteiger partial charge in [0.25, 0.3) is 0 Å². The summed E-state index contributed by atoms with van der Waals surface area (Å²) in [5.74, 6) is 0. The van der Waals surface area contributed by atoms with Crippen LogP contribution in [0.4, 0.5) is 0 Å². The topological polar surface area (TPSA) is 22.0 Å². The van der Waals surface area contributed by atoms with Crippen LogP contribution < -0.4 is 0 Å². The molecule has 2 nitrogen and oxygen atoms in total. The zero-order chi connectivity index (χ0) is 35.8. The molecule has 0 aliphatic heterocycles. The van der Waals surface area contributed by atoms with E-state index in [0.29, 0.717) is 5.57 Å². The minimum Gasteiger partial charge on any atom is -0.308 e. The number of aryl methyl sites for hydroxylation is 1. The number of hydrogen-bond acceptors (Lipinski definition) is 1.